The van der Waals surface area contributed by atoms with Crippen molar-refractivity contribution in [2.75, 3.05) is 17.1 Å². The number of carbonyl (C=O) groups is 2. The highest BCUT2D eigenvalue weighted by molar-refractivity contribution is 9.10. The maximum absolute atomic E-state index is 14.0. The molecule has 0 aromatic heterocycles. The number of aryl methyl sites for hydroxylation is 1. The number of hydrogen-bond acceptors (Lipinski definition) is 4. The minimum absolute atomic E-state index is 0.132. The topological polar surface area (TPSA) is 86.8 Å². The Morgan fingerprint density at radius 3 is 2.16 bits per heavy atom. The van der Waals surface area contributed by atoms with Crippen molar-refractivity contribution >= 4 is 43.5 Å². The zero-order valence-electron chi connectivity index (χ0n) is 22.1. The summed E-state index contributed by atoms with van der Waals surface area (Å²) in [7, 11) is -3.79. The van der Waals surface area contributed by atoms with Gasteiger partial charge in [0.05, 0.1) is 11.9 Å². The van der Waals surface area contributed by atoms with Crippen molar-refractivity contribution in [2.45, 2.75) is 45.8 Å². The second-order valence-corrected chi connectivity index (χ2v) is 12.4. The molecule has 1 N–H and O–H groups in total. The Labute approximate surface area is 234 Å². The van der Waals surface area contributed by atoms with E-state index in [1.54, 1.807) is 25.1 Å². The van der Waals surface area contributed by atoms with Crippen molar-refractivity contribution in [2.24, 2.45) is 0 Å². The van der Waals surface area contributed by atoms with Crippen molar-refractivity contribution in [1.82, 2.24) is 10.2 Å². The van der Waals surface area contributed by atoms with Crippen LogP contribution < -0.4 is 9.62 Å². The third kappa shape index (κ3) is 8.16. The lowest BCUT2D eigenvalue weighted by Gasteiger charge is -2.34. The van der Waals surface area contributed by atoms with Gasteiger partial charge in [0.1, 0.15) is 12.6 Å². The van der Waals surface area contributed by atoms with E-state index in [1.165, 1.54) is 4.90 Å². The first kappa shape index (κ1) is 29.4. The third-order valence-electron chi connectivity index (χ3n) is 6.01. The Morgan fingerprint density at radius 2 is 1.55 bits per heavy atom. The first-order valence-corrected chi connectivity index (χ1v) is 15.0. The van der Waals surface area contributed by atoms with Crippen molar-refractivity contribution in [1.29, 1.82) is 0 Å². The first-order chi connectivity index (χ1) is 18.0. The molecule has 0 aliphatic heterocycles. The number of sulfonamides is 1. The summed E-state index contributed by atoms with van der Waals surface area (Å²) in [5.74, 6) is -0.771. The molecule has 1 atom stereocenters. The van der Waals surface area contributed by atoms with E-state index in [0.717, 1.165) is 31.7 Å². The second-order valence-electron chi connectivity index (χ2n) is 9.58. The Kier molecular flexibility index (Phi) is 10.1. The summed E-state index contributed by atoms with van der Waals surface area (Å²) in [5.41, 5.74) is 2.85. The average Bonchev–Trinajstić information content (AvgIpc) is 2.84. The van der Waals surface area contributed by atoms with Gasteiger partial charge in [0.15, 0.2) is 0 Å². The largest absolute Gasteiger partial charge is 0.352 e. The van der Waals surface area contributed by atoms with Crippen LogP contribution in [0, 0.1) is 6.92 Å². The van der Waals surface area contributed by atoms with Crippen molar-refractivity contribution in [3.8, 4) is 0 Å². The fourth-order valence-corrected chi connectivity index (χ4v) is 5.56. The summed E-state index contributed by atoms with van der Waals surface area (Å²) in [4.78, 5) is 29.0. The SMILES string of the molecule is Cc1ccccc1N(CC(=O)N(Cc1cccc(Br)c1)[C@@H](Cc1ccccc1)C(=O)NC(C)C)S(C)(=O)=O. The summed E-state index contributed by atoms with van der Waals surface area (Å²) < 4.78 is 27.7. The van der Waals surface area contributed by atoms with Gasteiger partial charge < -0.3 is 10.2 Å². The van der Waals surface area contributed by atoms with Crippen LogP contribution in [0.3, 0.4) is 0 Å². The minimum atomic E-state index is -3.79. The number of rotatable bonds is 11. The molecule has 38 heavy (non-hydrogen) atoms. The second kappa shape index (κ2) is 13.1. The molecule has 0 heterocycles. The molecule has 0 saturated carbocycles. The quantitative estimate of drug-likeness (QED) is 0.346. The van der Waals surface area contributed by atoms with Gasteiger partial charge in [-0.15, -0.1) is 0 Å². The number of amides is 2. The summed E-state index contributed by atoms with van der Waals surface area (Å²) in [6, 6.07) is 23.0. The molecule has 3 aromatic rings. The minimum Gasteiger partial charge on any atom is -0.352 e. The van der Waals surface area contributed by atoms with E-state index >= 15 is 0 Å². The molecule has 0 fully saturated rings. The molecule has 7 nitrogen and oxygen atoms in total. The fourth-order valence-electron chi connectivity index (χ4n) is 4.20. The molecule has 0 aliphatic rings. The lowest BCUT2D eigenvalue weighted by Crippen LogP contribution is -2.54. The number of halogens is 1. The Balaban J connectivity index is 2.07. The molecule has 2 amide bonds. The normalized spacial score (nSPS) is 12.2. The maximum Gasteiger partial charge on any atom is 0.244 e. The number of benzene rings is 3. The van der Waals surface area contributed by atoms with Crippen LogP contribution in [0.2, 0.25) is 0 Å². The van der Waals surface area contributed by atoms with Crippen LogP contribution >= 0.6 is 15.9 Å². The van der Waals surface area contributed by atoms with Gasteiger partial charge in [0.25, 0.3) is 0 Å². The molecule has 0 radical (unpaired) electrons. The van der Waals surface area contributed by atoms with Gasteiger partial charge in [0, 0.05) is 23.5 Å². The third-order valence-corrected chi connectivity index (χ3v) is 7.63. The van der Waals surface area contributed by atoms with Crippen molar-refractivity contribution in [3.63, 3.8) is 0 Å². The van der Waals surface area contributed by atoms with E-state index in [4.69, 9.17) is 0 Å². The average molecular weight is 601 g/mol. The summed E-state index contributed by atoms with van der Waals surface area (Å²) in [5, 5.41) is 2.95. The number of nitrogens with zero attached hydrogens (tertiary/aromatic N) is 2. The Morgan fingerprint density at radius 1 is 0.921 bits per heavy atom. The molecule has 0 saturated heterocycles. The van der Waals surface area contributed by atoms with E-state index in [0.29, 0.717) is 5.69 Å². The molecule has 0 aliphatic carbocycles. The molecule has 0 bridgehead atoms. The van der Waals surface area contributed by atoms with Gasteiger partial charge in [-0.25, -0.2) is 8.42 Å². The Hall–Kier alpha value is -3.17. The van der Waals surface area contributed by atoms with E-state index in [2.05, 4.69) is 21.2 Å². The molecule has 0 spiro atoms. The van der Waals surface area contributed by atoms with Gasteiger partial charge in [0.2, 0.25) is 21.8 Å². The van der Waals surface area contributed by atoms with E-state index in [1.807, 2.05) is 74.5 Å². The molecule has 202 valence electrons. The van der Waals surface area contributed by atoms with Crippen LogP contribution in [-0.2, 0) is 32.6 Å². The van der Waals surface area contributed by atoms with Crippen LogP contribution in [0.15, 0.2) is 83.3 Å². The van der Waals surface area contributed by atoms with E-state index < -0.39 is 28.5 Å². The first-order valence-electron chi connectivity index (χ1n) is 12.4. The zero-order chi connectivity index (χ0) is 27.9. The standard InChI is InChI=1S/C29H34BrN3O4S/c1-21(2)31-29(35)27(18-23-12-6-5-7-13-23)32(19-24-14-10-15-25(30)17-24)28(34)20-33(38(4,36)37)26-16-9-8-11-22(26)3/h5-17,21,27H,18-20H2,1-4H3,(H,31,35)/t27-/m0/s1. The van der Waals surface area contributed by atoms with E-state index in [9.17, 15) is 18.0 Å². The van der Waals surface area contributed by atoms with Gasteiger partial charge in [-0.3, -0.25) is 13.9 Å². The number of para-hydroxylation sites is 1. The summed E-state index contributed by atoms with van der Waals surface area (Å²) in [6.07, 6.45) is 1.36. The van der Waals surface area contributed by atoms with Crippen LogP contribution in [0.1, 0.15) is 30.5 Å². The highest BCUT2D eigenvalue weighted by Gasteiger charge is 2.33. The fraction of sp³-hybridized carbons (Fsp3) is 0.310. The van der Waals surface area contributed by atoms with E-state index in [-0.39, 0.29) is 24.9 Å². The van der Waals surface area contributed by atoms with Crippen LogP contribution in [0.5, 0.6) is 0 Å². The lowest BCUT2D eigenvalue weighted by atomic mass is 10.0. The van der Waals surface area contributed by atoms with Gasteiger partial charge in [-0.05, 0) is 55.7 Å². The van der Waals surface area contributed by atoms with Gasteiger partial charge >= 0.3 is 0 Å². The van der Waals surface area contributed by atoms with Crippen LogP contribution in [-0.4, -0.2) is 50.0 Å². The summed E-state index contributed by atoms with van der Waals surface area (Å²) >= 11 is 3.48. The number of anilines is 1. The molecule has 9 heteroatoms. The predicted molar refractivity (Wildman–Crippen MR) is 155 cm³/mol. The lowest BCUT2D eigenvalue weighted by molar-refractivity contribution is -0.140. The van der Waals surface area contributed by atoms with Crippen LogP contribution in [0.4, 0.5) is 5.69 Å². The van der Waals surface area contributed by atoms with Crippen LogP contribution in [0.25, 0.3) is 0 Å². The number of nitrogens with one attached hydrogen (secondary N) is 1. The monoisotopic (exact) mass is 599 g/mol. The van der Waals surface area contributed by atoms with Crippen molar-refractivity contribution in [3.05, 3.63) is 100 Å². The molecular formula is C29H34BrN3O4S. The Bertz CT molecular complexity index is 1360. The molecular weight excluding hydrogens is 566 g/mol. The highest BCUT2D eigenvalue weighted by atomic mass is 79.9. The molecule has 3 aromatic carbocycles. The number of carbonyl (C=O) groups excluding carboxylic acids is 2. The van der Waals surface area contributed by atoms with Crippen molar-refractivity contribution < 1.29 is 18.0 Å². The summed E-state index contributed by atoms with van der Waals surface area (Å²) in [6.45, 7) is 5.22. The smallest absolute Gasteiger partial charge is 0.244 e. The predicted octanol–water partition coefficient (Wildman–Crippen LogP) is 4.69. The molecule has 3 rings (SSSR count). The number of hydrogen-bond donors (Lipinski definition) is 1. The zero-order valence-corrected chi connectivity index (χ0v) is 24.5. The highest BCUT2D eigenvalue weighted by Crippen LogP contribution is 2.24. The van der Waals surface area contributed by atoms with Gasteiger partial charge in [-0.2, -0.15) is 0 Å². The maximum atomic E-state index is 14.0. The van der Waals surface area contributed by atoms with Gasteiger partial charge in [-0.1, -0.05) is 76.6 Å². The molecule has 0 unspecified atom stereocenters.